The van der Waals surface area contributed by atoms with E-state index in [1.54, 1.807) is 4.90 Å². The molecule has 1 aliphatic heterocycles. The molecule has 1 aromatic carbocycles. The predicted octanol–water partition coefficient (Wildman–Crippen LogP) is 1.62. The van der Waals surface area contributed by atoms with Crippen molar-refractivity contribution in [3.05, 3.63) is 35.9 Å². The number of amides is 1. The molecule has 2 unspecified atom stereocenters. The van der Waals surface area contributed by atoms with Gasteiger partial charge in [0, 0.05) is 20.1 Å². The minimum atomic E-state index is -0.352. The third-order valence-electron chi connectivity index (χ3n) is 3.41. The summed E-state index contributed by atoms with van der Waals surface area (Å²) in [5.41, 5.74) is 1.14. The third kappa shape index (κ3) is 3.93. The fraction of sp³-hybridized carbons (Fsp3) is 0.500. The maximum Gasteiger partial charge on any atom is 0.253 e. The van der Waals surface area contributed by atoms with Crippen LogP contribution in [-0.4, -0.2) is 43.7 Å². The van der Waals surface area contributed by atoms with Crippen LogP contribution in [0.1, 0.15) is 18.5 Å². The van der Waals surface area contributed by atoms with Gasteiger partial charge in [0.1, 0.15) is 6.10 Å². The van der Waals surface area contributed by atoms with Gasteiger partial charge in [-0.25, -0.2) is 0 Å². The Morgan fingerprint density at radius 2 is 2.11 bits per heavy atom. The Balaban J connectivity index is 0.00000180. The Hall–Kier alpha value is -1.10. The summed E-state index contributed by atoms with van der Waals surface area (Å²) < 4.78 is 5.49. The van der Waals surface area contributed by atoms with Crippen LogP contribution in [0.25, 0.3) is 0 Å². The molecule has 0 bridgehead atoms. The minimum absolute atomic E-state index is 0. The highest BCUT2D eigenvalue weighted by Crippen LogP contribution is 2.19. The molecule has 0 aliphatic carbocycles. The minimum Gasteiger partial charge on any atom is -0.366 e. The summed E-state index contributed by atoms with van der Waals surface area (Å²) in [5.74, 6) is 0.0403. The van der Waals surface area contributed by atoms with E-state index in [0.717, 1.165) is 12.1 Å². The molecular weight excluding hydrogens is 264 g/mol. The average Bonchev–Trinajstić information content (AvgIpc) is 2.47. The predicted molar refractivity (Wildman–Crippen MR) is 77.5 cm³/mol. The molecule has 19 heavy (non-hydrogen) atoms. The molecule has 4 nitrogen and oxygen atoms in total. The number of rotatable bonds is 3. The molecule has 0 aromatic heterocycles. The van der Waals surface area contributed by atoms with Crippen LogP contribution in [-0.2, 0) is 9.53 Å². The standard InChI is InChI=1S/C14H20N2O2.ClH/c1-11(12-6-4-3-5-7-12)16(2)14(17)13-10-15-8-9-18-13;/h3-7,11,13,15H,8-10H2,1-2H3;1H. The third-order valence-corrected chi connectivity index (χ3v) is 3.41. The lowest BCUT2D eigenvalue weighted by molar-refractivity contribution is -0.145. The lowest BCUT2D eigenvalue weighted by atomic mass is 10.1. The maximum absolute atomic E-state index is 12.3. The zero-order valence-electron chi connectivity index (χ0n) is 11.3. The Morgan fingerprint density at radius 1 is 1.42 bits per heavy atom. The lowest BCUT2D eigenvalue weighted by Crippen LogP contribution is -2.48. The van der Waals surface area contributed by atoms with E-state index >= 15 is 0 Å². The highest BCUT2D eigenvalue weighted by molar-refractivity contribution is 5.85. The molecule has 1 fully saturated rings. The van der Waals surface area contributed by atoms with Crippen LogP contribution < -0.4 is 5.32 Å². The summed E-state index contributed by atoms with van der Waals surface area (Å²) in [6, 6.07) is 10.1. The molecule has 0 radical (unpaired) electrons. The van der Waals surface area contributed by atoms with Crippen molar-refractivity contribution in [1.82, 2.24) is 10.2 Å². The first kappa shape index (κ1) is 16.0. The Bertz CT molecular complexity index is 394. The number of halogens is 1. The number of benzene rings is 1. The molecule has 2 atom stereocenters. The molecule has 1 aromatic rings. The van der Waals surface area contributed by atoms with Gasteiger partial charge in [-0.05, 0) is 12.5 Å². The number of morpholine rings is 1. The van der Waals surface area contributed by atoms with Gasteiger partial charge >= 0.3 is 0 Å². The Morgan fingerprint density at radius 3 is 2.68 bits per heavy atom. The van der Waals surface area contributed by atoms with Crippen molar-refractivity contribution >= 4 is 18.3 Å². The van der Waals surface area contributed by atoms with Crippen molar-refractivity contribution in [3.63, 3.8) is 0 Å². The number of hydrogen-bond donors (Lipinski definition) is 1. The lowest BCUT2D eigenvalue weighted by Gasteiger charge is -2.31. The first-order valence-corrected chi connectivity index (χ1v) is 6.34. The van der Waals surface area contributed by atoms with Crippen LogP contribution in [0.3, 0.4) is 0 Å². The molecular formula is C14H21ClN2O2. The van der Waals surface area contributed by atoms with Gasteiger partial charge in [-0.2, -0.15) is 0 Å². The number of nitrogens with one attached hydrogen (secondary N) is 1. The van der Waals surface area contributed by atoms with Crippen LogP contribution in [0, 0.1) is 0 Å². The van der Waals surface area contributed by atoms with Crippen LogP contribution in [0.5, 0.6) is 0 Å². The van der Waals surface area contributed by atoms with Crippen molar-refractivity contribution in [2.24, 2.45) is 0 Å². The number of ether oxygens (including phenoxy) is 1. The first-order chi connectivity index (χ1) is 8.70. The molecule has 1 saturated heterocycles. The van der Waals surface area contributed by atoms with Crippen molar-refractivity contribution in [3.8, 4) is 0 Å². The summed E-state index contributed by atoms with van der Waals surface area (Å²) in [4.78, 5) is 14.0. The Labute approximate surface area is 120 Å². The van der Waals surface area contributed by atoms with Gasteiger partial charge in [0.15, 0.2) is 0 Å². The summed E-state index contributed by atoms with van der Waals surface area (Å²) in [6.45, 7) is 4.06. The molecule has 0 saturated carbocycles. The van der Waals surface area contributed by atoms with E-state index in [-0.39, 0.29) is 30.5 Å². The van der Waals surface area contributed by atoms with Gasteiger partial charge in [0.2, 0.25) is 0 Å². The SMILES string of the molecule is CC(c1ccccc1)N(C)C(=O)C1CNCCO1.Cl. The van der Waals surface area contributed by atoms with Crippen LogP contribution in [0.15, 0.2) is 30.3 Å². The van der Waals surface area contributed by atoms with E-state index in [1.165, 1.54) is 0 Å². The van der Waals surface area contributed by atoms with Crippen molar-refractivity contribution in [1.29, 1.82) is 0 Å². The van der Waals surface area contributed by atoms with Crippen LogP contribution in [0.4, 0.5) is 0 Å². The number of nitrogens with zero attached hydrogens (tertiary/aromatic N) is 1. The van der Waals surface area contributed by atoms with E-state index in [4.69, 9.17) is 4.74 Å². The smallest absolute Gasteiger partial charge is 0.253 e. The normalized spacial score (nSPS) is 20.2. The first-order valence-electron chi connectivity index (χ1n) is 6.34. The van der Waals surface area contributed by atoms with Gasteiger partial charge < -0.3 is 15.0 Å². The van der Waals surface area contributed by atoms with E-state index in [2.05, 4.69) is 5.32 Å². The van der Waals surface area contributed by atoms with E-state index in [1.807, 2.05) is 44.3 Å². The average molecular weight is 285 g/mol. The van der Waals surface area contributed by atoms with Gasteiger partial charge in [-0.1, -0.05) is 30.3 Å². The fourth-order valence-corrected chi connectivity index (χ4v) is 2.10. The molecule has 1 amide bonds. The zero-order valence-corrected chi connectivity index (χ0v) is 12.2. The molecule has 1 aliphatic rings. The van der Waals surface area contributed by atoms with Crippen molar-refractivity contribution < 1.29 is 9.53 Å². The van der Waals surface area contributed by atoms with Crippen LogP contribution in [0.2, 0.25) is 0 Å². The summed E-state index contributed by atoms with van der Waals surface area (Å²) in [7, 11) is 1.83. The molecule has 5 heteroatoms. The molecule has 106 valence electrons. The van der Waals surface area contributed by atoms with Gasteiger partial charge in [0.05, 0.1) is 12.6 Å². The van der Waals surface area contributed by atoms with E-state index in [9.17, 15) is 4.79 Å². The fourth-order valence-electron chi connectivity index (χ4n) is 2.10. The molecule has 0 spiro atoms. The summed E-state index contributed by atoms with van der Waals surface area (Å²) in [5, 5.41) is 3.18. The van der Waals surface area contributed by atoms with Gasteiger partial charge in [0.25, 0.3) is 5.91 Å². The van der Waals surface area contributed by atoms with Gasteiger partial charge in [-0.15, -0.1) is 12.4 Å². The van der Waals surface area contributed by atoms with Crippen molar-refractivity contribution in [2.45, 2.75) is 19.1 Å². The van der Waals surface area contributed by atoms with Gasteiger partial charge in [-0.3, -0.25) is 4.79 Å². The summed E-state index contributed by atoms with van der Waals surface area (Å²) in [6.07, 6.45) is -0.352. The number of likely N-dealkylation sites (N-methyl/N-ethyl adjacent to an activating group) is 1. The molecule has 1 heterocycles. The van der Waals surface area contributed by atoms with Crippen molar-refractivity contribution in [2.75, 3.05) is 26.7 Å². The number of carbonyl (C=O) groups excluding carboxylic acids is 1. The second-order valence-corrected chi connectivity index (χ2v) is 4.60. The largest absolute Gasteiger partial charge is 0.366 e. The number of hydrogen-bond acceptors (Lipinski definition) is 3. The topological polar surface area (TPSA) is 41.6 Å². The van der Waals surface area contributed by atoms with E-state index in [0.29, 0.717) is 13.2 Å². The quantitative estimate of drug-likeness (QED) is 0.917. The highest BCUT2D eigenvalue weighted by atomic mass is 35.5. The molecule has 2 rings (SSSR count). The van der Waals surface area contributed by atoms with E-state index < -0.39 is 0 Å². The monoisotopic (exact) mass is 284 g/mol. The zero-order chi connectivity index (χ0) is 13.0. The van der Waals surface area contributed by atoms with Crippen LogP contribution >= 0.6 is 12.4 Å². The maximum atomic E-state index is 12.3. The number of carbonyl (C=O) groups is 1. The molecule has 1 N–H and O–H groups in total. The second-order valence-electron chi connectivity index (χ2n) is 4.60. The second kappa shape index (κ2) is 7.48. The summed E-state index contributed by atoms with van der Waals surface area (Å²) >= 11 is 0. The Kier molecular flexibility index (Phi) is 6.28. The highest BCUT2D eigenvalue weighted by Gasteiger charge is 2.27.